The molecule has 0 saturated carbocycles. The molecule has 0 aliphatic heterocycles. The molecule has 0 radical (unpaired) electrons. The molecule has 0 atom stereocenters. The number of ether oxygens (including phenoxy) is 2. The minimum atomic E-state index is -0.172. The van der Waals surface area contributed by atoms with E-state index < -0.39 is 0 Å². The van der Waals surface area contributed by atoms with Gasteiger partial charge in [0.1, 0.15) is 6.54 Å². The quantitative estimate of drug-likeness (QED) is 0.607. The van der Waals surface area contributed by atoms with Crippen LogP contribution in [0.25, 0.3) is 11.4 Å². The molecule has 1 aromatic carbocycles. The van der Waals surface area contributed by atoms with Crippen molar-refractivity contribution in [2.45, 2.75) is 26.9 Å². The van der Waals surface area contributed by atoms with Crippen LogP contribution in [0, 0.1) is 0 Å². The third-order valence-corrected chi connectivity index (χ3v) is 4.46. The molecule has 0 aliphatic rings. The summed E-state index contributed by atoms with van der Waals surface area (Å²) in [7, 11) is 0. The summed E-state index contributed by atoms with van der Waals surface area (Å²) in [6.07, 6.45) is 0. The second-order valence-electron chi connectivity index (χ2n) is 5.53. The van der Waals surface area contributed by atoms with Crippen molar-refractivity contribution in [3.8, 4) is 22.9 Å². The zero-order chi connectivity index (χ0) is 19.1. The molecule has 0 aliphatic carbocycles. The van der Waals surface area contributed by atoms with E-state index in [1.165, 1.54) is 4.80 Å². The first-order valence-corrected chi connectivity index (χ1v) is 9.54. The Bertz CT molecular complexity index is 879. The summed E-state index contributed by atoms with van der Waals surface area (Å²) in [5.41, 5.74) is 0.743. The molecule has 27 heavy (non-hydrogen) atoms. The standard InChI is InChI=1S/C18H21N5O3S/c1-3-25-15-8-7-13(10-16(15)26-4-2)18-20-22-23(21-18)12-17(24)19-11-14-6-5-9-27-14/h5-10H,3-4,11-12H2,1-2H3,(H,19,24). The number of hydrogen-bond donors (Lipinski definition) is 1. The van der Waals surface area contributed by atoms with Crippen LogP contribution in [0.4, 0.5) is 0 Å². The van der Waals surface area contributed by atoms with Crippen LogP contribution in [-0.2, 0) is 17.9 Å². The van der Waals surface area contributed by atoms with Crippen LogP contribution in [-0.4, -0.2) is 39.3 Å². The van der Waals surface area contributed by atoms with Gasteiger partial charge in [0.15, 0.2) is 11.5 Å². The summed E-state index contributed by atoms with van der Waals surface area (Å²) in [6, 6.07) is 9.39. The van der Waals surface area contributed by atoms with Crippen molar-refractivity contribution in [3.05, 3.63) is 40.6 Å². The second kappa shape index (κ2) is 9.13. The molecule has 3 aromatic rings. The van der Waals surface area contributed by atoms with Crippen LogP contribution in [0.15, 0.2) is 35.7 Å². The highest BCUT2D eigenvalue weighted by Crippen LogP contribution is 2.31. The fourth-order valence-corrected chi connectivity index (χ4v) is 3.04. The minimum absolute atomic E-state index is 0.00766. The molecule has 0 fully saturated rings. The van der Waals surface area contributed by atoms with Crippen molar-refractivity contribution in [3.63, 3.8) is 0 Å². The van der Waals surface area contributed by atoms with E-state index in [0.29, 0.717) is 37.1 Å². The van der Waals surface area contributed by atoms with Crippen molar-refractivity contribution < 1.29 is 14.3 Å². The zero-order valence-corrected chi connectivity index (χ0v) is 16.0. The topological polar surface area (TPSA) is 91.2 Å². The maximum atomic E-state index is 12.0. The molecule has 142 valence electrons. The lowest BCUT2D eigenvalue weighted by Crippen LogP contribution is -2.27. The van der Waals surface area contributed by atoms with E-state index in [-0.39, 0.29) is 12.5 Å². The number of thiophene rings is 1. The summed E-state index contributed by atoms with van der Waals surface area (Å²) >= 11 is 1.60. The van der Waals surface area contributed by atoms with Crippen LogP contribution in [0.2, 0.25) is 0 Å². The molecule has 8 nitrogen and oxygen atoms in total. The van der Waals surface area contributed by atoms with Gasteiger partial charge < -0.3 is 14.8 Å². The van der Waals surface area contributed by atoms with Gasteiger partial charge in [-0.05, 0) is 48.7 Å². The van der Waals surface area contributed by atoms with Gasteiger partial charge in [-0.15, -0.1) is 21.5 Å². The number of aromatic nitrogens is 4. The lowest BCUT2D eigenvalue weighted by Gasteiger charge is -2.11. The molecule has 0 bridgehead atoms. The highest BCUT2D eigenvalue weighted by Gasteiger charge is 2.13. The van der Waals surface area contributed by atoms with E-state index in [1.54, 1.807) is 11.3 Å². The van der Waals surface area contributed by atoms with Gasteiger partial charge in [0.2, 0.25) is 11.7 Å². The second-order valence-corrected chi connectivity index (χ2v) is 6.56. The summed E-state index contributed by atoms with van der Waals surface area (Å²) < 4.78 is 11.2. The van der Waals surface area contributed by atoms with Crippen LogP contribution >= 0.6 is 11.3 Å². The maximum absolute atomic E-state index is 12.0. The molecular weight excluding hydrogens is 366 g/mol. The van der Waals surface area contributed by atoms with Gasteiger partial charge in [-0.3, -0.25) is 4.79 Å². The van der Waals surface area contributed by atoms with Gasteiger partial charge in [0.05, 0.1) is 19.8 Å². The van der Waals surface area contributed by atoms with Crippen molar-refractivity contribution in [1.82, 2.24) is 25.5 Å². The van der Waals surface area contributed by atoms with Crippen molar-refractivity contribution in [2.24, 2.45) is 0 Å². The zero-order valence-electron chi connectivity index (χ0n) is 15.2. The molecule has 1 amide bonds. The molecule has 0 saturated heterocycles. The van der Waals surface area contributed by atoms with Gasteiger partial charge in [-0.25, -0.2) is 0 Å². The molecule has 2 aromatic heterocycles. The molecular formula is C18H21N5O3S. The summed E-state index contributed by atoms with van der Waals surface area (Å²) in [6.45, 7) is 5.40. The first-order valence-electron chi connectivity index (χ1n) is 8.66. The van der Waals surface area contributed by atoms with Crippen molar-refractivity contribution >= 4 is 17.2 Å². The largest absolute Gasteiger partial charge is 0.490 e. The SMILES string of the molecule is CCOc1ccc(-c2nnn(CC(=O)NCc3cccs3)n2)cc1OCC. The van der Waals surface area contributed by atoms with Crippen molar-refractivity contribution in [1.29, 1.82) is 0 Å². The third-order valence-electron chi connectivity index (χ3n) is 3.58. The lowest BCUT2D eigenvalue weighted by molar-refractivity contribution is -0.122. The van der Waals surface area contributed by atoms with Crippen molar-refractivity contribution in [2.75, 3.05) is 13.2 Å². The fourth-order valence-electron chi connectivity index (χ4n) is 2.40. The number of benzene rings is 1. The van der Waals surface area contributed by atoms with E-state index in [9.17, 15) is 4.79 Å². The first-order chi connectivity index (χ1) is 13.2. The minimum Gasteiger partial charge on any atom is -0.490 e. The Kier molecular flexibility index (Phi) is 6.37. The summed E-state index contributed by atoms with van der Waals surface area (Å²) in [5.74, 6) is 1.55. The van der Waals surface area contributed by atoms with Crippen LogP contribution < -0.4 is 14.8 Å². The smallest absolute Gasteiger partial charge is 0.243 e. The number of nitrogens with one attached hydrogen (secondary N) is 1. The molecule has 2 heterocycles. The average molecular weight is 387 g/mol. The van der Waals surface area contributed by atoms with Gasteiger partial charge in [0.25, 0.3) is 0 Å². The van der Waals surface area contributed by atoms with Crippen LogP contribution in [0.1, 0.15) is 18.7 Å². The Hall–Kier alpha value is -2.94. The third kappa shape index (κ3) is 5.04. The number of rotatable bonds is 9. The van der Waals surface area contributed by atoms with E-state index in [2.05, 4.69) is 20.7 Å². The first kappa shape index (κ1) is 18.8. The highest BCUT2D eigenvalue weighted by molar-refractivity contribution is 7.09. The Labute approximate surface area is 161 Å². The number of hydrogen-bond acceptors (Lipinski definition) is 7. The molecule has 1 N–H and O–H groups in total. The summed E-state index contributed by atoms with van der Waals surface area (Å²) in [4.78, 5) is 14.4. The van der Waals surface area contributed by atoms with Gasteiger partial charge in [-0.1, -0.05) is 6.07 Å². The Morgan fingerprint density at radius 3 is 2.74 bits per heavy atom. The molecule has 3 rings (SSSR count). The molecule has 9 heteroatoms. The number of carbonyl (C=O) groups is 1. The monoisotopic (exact) mass is 387 g/mol. The van der Waals surface area contributed by atoms with E-state index in [4.69, 9.17) is 9.47 Å². The average Bonchev–Trinajstić information content (AvgIpc) is 3.34. The molecule has 0 spiro atoms. The van der Waals surface area contributed by atoms with E-state index in [1.807, 2.05) is 49.6 Å². The predicted octanol–water partition coefficient (Wildman–Crippen LogP) is 2.52. The Balaban J connectivity index is 1.66. The fraction of sp³-hybridized carbons (Fsp3) is 0.333. The Morgan fingerprint density at radius 2 is 2.00 bits per heavy atom. The van der Waals surface area contributed by atoms with Gasteiger partial charge in [-0.2, -0.15) is 4.80 Å². The number of nitrogens with zero attached hydrogens (tertiary/aromatic N) is 4. The lowest BCUT2D eigenvalue weighted by atomic mass is 10.2. The van der Waals surface area contributed by atoms with Gasteiger partial charge >= 0.3 is 0 Å². The van der Waals surface area contributed by atoms with E-state index >= 15 is 0 Å². The van der Waals surface area contributed by atoms with E-state index in [0.717, 1.165) is 10.4 Å². The molecule has 0 unspecified atom stereocenters. The number of amides is 1. The van der Waals surface area contributed by atoms with Crippen LogP contribution in [0.5, 0.6) is 11.5 Å². The normalized spacial score (nSPS) is 10.6. The number of tetrazole rings is 1. The van der Waals surface area contributed by atoms with Crippen LogP contribution in [0.3, 0.4) is 0 Å². The maximum Gasteiger partial charge on any atom is 0.243 e. The number of carbonyl (C=O) groups excluding carboxylic acids is 1. The summed E-state index contributed by atoms with van der Waals surface area (Å²) in [5, 5.41) is 17.1. The van der Waals surface area contributed by atoms with Gasteiger partial charge in [0, 0.05) is 10.4 Å². The predicted molar refractivity (Wildman–Crippen MR) is 102 cm³/mol. The Morgan fingerprint density at radius 1 is 1.19 bits per heavy atom. The highest BCUT2D eigenvalue weighted by atomic mass is 32.1.